The Morgan fingerprint density at radius 1 is 1.04 bits per heavy atom. The van der Waals surface area contributed by atoms with Crippen LogP contribution >= 0.6 is 0 Å². The lowest BCUT2D eigenvalue weighted by molar-refractivity contribution is -0.137. The fourth-order valence-corrected chi connectivity index (χ4v) is 3.56. The van der Waals surface area contributed by atoms with Crippen LogP contribution in [-0.2, 0) is 6.18 Å². The number of halogens is 3. The second-order valence-electron chi connectivity index (χ2n) is 6.81. The van der Waals surface area contributed by atoms with Gasteiger partial charge in [-0.3, -0.25) is 0 Å². The predicted octanol–water partition coefficient (Wildman–Crippen LogP) is 3.87. The molecule has 1 saturated carbocycles. The first-order valence-electron chi connectivity index (χ1n) is 8.91. The Balaban J connectivity index is 1.54. The van der Waals surface area contributed by atoms with Gasteiger partial charge in [0.2, 0.25) is 0 Å². The highest BCUT2D eigenvalue weighted by Gasteiger charge is 2.31. The van der Waals surface area contributed by atoms with E-state index in [1.165, 1.54) is 18.6 Å². The molecule has 1 aliphatic carbocycles. The van der Waals surface area contributed by atoms with Gasteiger partial charge in [-0.15, -0.1) is 0 Å². The van der Waals surface area contributed by atoms with Gasteiger partial charge in [-0.2, -0.15) is 13.2 Å². The van der Waals surface area contributed by atoms with Gasteiger partial charge in [0.1, 0.15) is 0 Å². The molecule has 0 spiro atoms. The third kappa shape index (κ3) is 4.58. The van der Waals surface area contributed by atoms with Crippen LogP contribution < -0.4 is 10.2 Å². The smallest absolute Gasteiger partial charge is 0.368 e. The number of anilines is 1. The number of rotatable bonds is 2. The summed E-state index contributed by atoms with van der Waals surface area (Å²) in [6, 6.07) is 5.60. The highest BCUT2D eigenvalue weighted by molar-refractivity contribution is 5.75. The minimum absolute atomic E-state index is 0.0457. The first kappa shape index (κ1) is 17.9. The first-order valence-corrected chi connectivity index (χ1v) is 8.91. The van der Waals surface area contributed by atoms with Crippen LogP contribution in [0.15, 0.2) is 24.3 Å². The summed E-state index contributed by atoms with van der Waals surface area (Å²) in [5.41, 5.74) is -0.0790. The van der Waals surface area contributed by atoms with E-state index in [1.54, 1.807) is 11.0 Å². The van der Waals surface area contributed by atoms with E-state index in [1.807, 2.05) is 4.90 Å². The minimum atomic E-state index is -4.34. The maximum atomic E-state index is 12.8. The summed E-state index contributed by atoms with van der Waals surface area (Å²) in [7, 11) is 0. The standard InChI is InChI=1S/C18H24F3N3O/c19-18(20,21)14-5-4-8-16(13-14)23-9-11-24(12-10-23)17(25)22-15-6-2-1-3-7-15/h4-5,8,13,15H,1-3,6-7,9-12H2,(H,22,25). The van der Waals surface area contributed by atoms with Gasteiger partial charge in [-0.1, -0.05) is 25.3 Å². The molecule has 3 rings (SSSR count). The van der Waals surface area contributed by atoms with E-state index in [0.29, 0.717) is 31.9 Å². The van der Waals surface area contributed by atoms with Crippen LogP contribution in [0.3, 0.4) is 0 Å². The van der Waals surface area contributed by atoms with Crippen LogP contribution in [0.1, 0.15) is 37.7 Å². The van der Waals surface area contributed by atoms with Gasteiger partial charge in [0.15, 0.2) is 0 Å². The second-order valence-corrected chi connectivity index (χ2v) is 6.81. The average Bonchev–Trinajstić information content (AvgIpc) is 2.62. The molecule has 1 heterocycles. The normalized spacial score (nSPS) is 19.8. The molecule has 1 N–H and O–H groups in total. The van der Waals surface area contributed by atoms with E-state index in [9.17, 15) is 18.0 Å². The molecule has 1 aliphatic heterocycles. The highest BCUT2D eigenvalue weighted by atomic mass is 19.4. The third-order valence-corrected chi connectivity index (χ3v) is 5.04. The van der Waals surface area contributed by atoms with E-state index in [0.717, 1.165) is 31.7 Å². The molecule has 0 radical (unpaired) electrons. The average molecular weight is 355 g/mol. The van der Waals surface area contributed by atoms with Crippen molar-refractivity contribution < 1.29 is 18.0 Å². The molecular weight excluding hydrogens is 331 g/mol. The summed E-state index contributed by atoms with van der Waals surface area (Å²) in [5, 5.41) is 3.09. The predicted molar refractivity (Wildman–Crippen MR) is 90.6 cm³/mol. The molecule has 7 heteroatoms. The van der Waals surface area contributed by atoms with E-state index < -0.39 is 11.7 Å². The van der Waals surface area contributed by atoms with E-state index in [2.05, 4.69) is 5.32 Å². The number of hydrogen-bond donors (Lipinski definition) is 1. The van der Waals surface area contributed by atoms with Crippen molar-refractivity contribution in [3.63, 3.8) is 0 Å². The fourth-order valence-electron chi connectivity index (χ4n) is 3.56. The monoisotopic (exact) mass is 355 g/mol. The minimum Gasteiger partial charge on any atom is -0.368 e. The van der Waals surface area contributed by atoms with E-state index in [4.69, 9.17) is 0 Å². The SMILES string of the molecule is O=C(NC1CCCCC1)N1CCN(c2cccc(C(F)(F)F)c2)CC1. The Hall–Kier alpha value is -1.92. The third-order valence-electron chi connectivity index (χ3n) is 5.04. The first-order chi connectivity index (χ1) is 11.9. The van der Waals surface area contributed by atoms with Gasteiger partial charge in [-0.25, -0.2) is 4.79 Å². The Morgan fingerprint density at radius 3 is 2.36 bits per heavy atom. The number of carbonyl (C=O) groups is 1. The summed E-state index contributed by atoms with van der Waals surface area (Å²) < 4.78 is 38.5. The molecule has 1 saturated heterocycles. The zero-order valence-electron chi connectivity index (χ0n) is 14.2. The summed E-state index contributed by atoms with van der Waals surface area (Å²) in [4.78, 5) is 16.0. The molecule has 0 aromatic heterocycles. The number of hydrogen-bond acceptors (Lipinski definition) is 2. The number of urea groups is 1. The zero-order chi connectivity index (χ0) is 17.9. The molecule has 1 aromatic rings. The van der Waals surface area contributed by atoms with E-state index in [-0.39, 0.29) is 12.1 Å². The lowest BCUT2D eigenvalue weighted by Crippen LogP contribution is -2.53. The molecule has 0 bridgehead atoms. The number of nitrogens with zero attached hydrogens (tertiary/aromatic N) is 2. The number of carbonyl (C=O) groups excluding carboxylic acids is 1. The van der Waals surface area contributed by atoms with Crippen molar-refractivity contribution in [3.05, 3.63) is 29.8 Å². The Morgan fingerprint density at radius 2 is 1.72 bits per heavy atom. The molecule has 25 heavy (non-hydrogen) atoms. The van der Waals surface area contributed by atoms with Gasteiger partial charge in [-0.05, 0) is 31.0 Å². The van der Waals surface area contributed by atoms with Gasteiger partial charge < -0.3 is 15.1 Å². The zero-order valence-corrected chi connectivity index (χ0v) is 14.2. The largest absolute Gasteiger partial charge is 0.416 e. The number of amides is 2. The van der Waals surface area contributed by atoms with Crippen LogP contribution in [0.4, 0.5) is 23.7 Å². The maximum Gasteiger partial charge on any atom is 0.416 e. The molecule has 0 unspecified atom stereocenters. The van der Waals surface area contributed by atoms with Gasteiger partial charge in [0.25, 0.3) is 0 Å². The van der Waals surface area contributed by atoms with Gasteiger partial charge >= 0.3 is 12.2 Å². The number of alkyl halides is 3. The van der Waals surface area contributed by atoms with Crippen LogP contribution in [0.2, 0.25) is 0 Å². The van der Waals surface area contributed by atoms with Gasteiger partial charge in [0.05, 0.1) is 5.56 Å². The van der Waals surface area contributed by atoms with E-state index >= 15 is 0 Å². The molecule has 2 aliphatic rings. The molecule has 2 fully saturated rings. The molecule has 138 valence electrons. The Labute approximate surface area is 146 Å². The fraction of sp³-hybridized carbons (Fsp3) is 0.611. The van der Waals surface area contributed by atoms with Crippen LogP contribution in [-0.4, -0.2) is 43.2 Å². The summed E-state index contributed by atoms with van der Waals surface area (Å²) in [6.07, 6.45) is 1.30. The molecule has 0 atom stereocenters. The van der Waals surface area contributed by atoms with Crippen molar-refractivity contribution in [1.82, 2.24) is 10.2 Å². The number of nitrogens with one attached hydrogen (secondary N) is 1. The van der Waals surface area contributed by atoms with Crippen LogP contribution in [0.5, 0.6) is 0 Å². The Kier molecular flexibility index (Phi) is 5.39. The Bertz CT molecular complexity index is 591. The van der Waals surface area contributed by atoms with Crippen molar-refractivity contribution in [2.24, 2.45) is 0 Å². The molecule has 2 amide bonds. The lowest BCUT2D eigenvalue weighted by Gasteiger charge is -2.37. The number of benzene rings is 1. The lowest BCUT2D eigenvalue weighted by atomic mass is 9.96. The molecular formula is C18H24F3N3O. The second kappa shape index (κ2) is 7.54. The number of piperazine rings is 1. The van der Waals surface area contributed by atoms with Crippen molar-refractivity contribution in [3.8, 4) is 0 Å². The molecule has 1 aromatic carbocycles. The van der Waals surface area contributed by atoms with Crippen molar-refractivity contribution in [2.75, 3.05) is 31.1 Å². The van der Waals surface area contributed by atoms with Crippen molar-refractivity contribution >= 4 is 11.7 Å². The maximum absolute atomic E-state index is 12.8. The summed E-state index contributed by atoms with van der Waals surface area (Å²) >= 11 is 0. The molecule has 4 nitrogen and oxygen atoms in total. The van der Waals surface area contributed by atoms with Crippen LogP contribution in [0, 0.1) is 0 Å². The topological polar surface area (TPSA) is 35.6 Å². The van der Waals surface area contributed by atoms with Crippen molar-refractivity contribution in [1.29, 1.82) is 0 Å². The summed E-state index contributed by atoms with van der Waals surface area (Å²) in [5.74, 6) is 0. The van der Waals surface area contributed by atoms with Crippen molar-refractivity contribution in [2.45, 2.75) is 44.3 Å². The summed E-state index contributed by atoms with van der Waals surface area (Å²) in [6.45, 7) is 2.13. The van der Waals surface area contributed by atoms with Gasteiger partial charge in [0, 0.05) is 37.9 Å². The quantitative estimate of drug-likeness (QED) is 0.874. The van der Waals surface area contributed by atoms with Crippen LogP contribution in [0.25, 0.3) is 0 Å². The highest BCUT2D eigenvalue weighted by Crippen LogP contribution is 2.31.